The molecule has 33 heavy (non-hydrogen) atoms. The lowest BCUT2D eigenvalue weighted by Gasteiger charge is -2.36. The third-order valence-electron chi connectivity index (χ3n) is 6.17. The number of nitrogens with zero attached hydrogens (tertiary/aromatic N) is 3. The van der Waals surface area contributed by atoms with Gasteiger partial charge in [-0.25, -0.2) is 0 Å². The Morgan fingerprint density at radius 1 is 0.879 bits per heavy atom. The van der Waals surface area contributed by atoms with Gasteiger partial charge in [0.25, 0.3) is 11.8 Å². The van der Waals surface area contributed by atoms with Gasteiger partial charge in [-0.1, -0.05) is 42.5 Å². The molecule has 1 N–H and O–H groups in total. The summed E-state index contributed by atoms with van der Waals surface area (Å²) in [6, 6.07) is 17.3. The van der Waals surface area contributed by atoms with E-state index in [4.69, 9.17) is 4.74 Å². The van der Waals surface area contributed by atoms with Crippen LogP contribution in [0.1, 0.15) is 18.1 Å². The van der Waals surface area contributed by atoms with Crippen LogP contribution in [0.25, 0.3) is 5.57 Å². The van der Waals surface area contributed by atoms with Gasteiger partial charge in [0.2, 0.25) is 0 Å². The van der Waals surface area contributed by atoms with Crippen molar-refractivity contribution >= 4 is 17.4 Å². The number of aliphatic hydroxyl groups is 1. The Balaban J connectivity index is 1.61. The van der Waals surface area contributed by atoms with E-state index in [2.05, 4.69) is 4.90 Å². The minimum atomic E-state index is -0.243. The summed E-state index contributed by atoms with van der Waals surface area (Å²) in [5.74, 6) is 0.266. The molecule has 4 rings (SSSR count). The van der Waals surface area contributed by atoms with Crippen LogP contribution in [0.15, 0.2) is 60.3 Å². The zero-order valence-electron chi connectivity index (χ0n) is 19.1. The molecule has 1 fully saturated rings. The molecule has 0 aromatic heterocycles. The molecule has 7 heteroatoms. The first-order valence-corrected chi connectivity index (χ1v) is 11.6. The van der Waals surface area contributed by atoms with Gasteiger partial charge < -0.3 is 14.7 Å². The molecule has 0 atom stereocenters. The van der Waals surface area contributed by atoms with Gasteiger partial charge in [0, 0.05) is 39.3 Å². The second-order valence-corrected chi connectivity index (χ2v) is 8.23. The van der Waals surface area contributed by atoms with Crippen molar-refractivity contribution in [3.8, 4) is 5.75 Å². The molecule has 2 aliphatic heterocycles. The highest BCUT2D eigenvalue weighted by Gasteiger charge is 2.41. The molecule has 2 aliphatic rings. The fraction of sp³-hybridized carbons (Fsp3) is 0.385. The number of hydrogen-bond acceptors (Lipinski definition) is 6. The van der Waals surface area contributed by atoms with Crippen molar-refractivity contribution in [3.05, 3.63) is 71.4 Å². The largest absolute Gasteiger partial charge is 0.494 e. The number of imide groups is 1. The monoisotopic (exact) mass is 449 g/mol. The number of ether oxygens (including phenoxy) is 1. The van der Waals surface area contributed by atoms with Crippen molar-refractivity contribution in [2.75, 3.05) is 52.5 Å². The average Bonchev–Trinajstić information content (AvgIpc) is 3.09. The van der Waals surface area contributed by atoms with Crippen LogP contribution < -0.4 is 4.74 Å². The zero-order chi connectivity index (χ0) is 23.2. The maximum Gasteiger partial charge on any atom is 0.277 e. The Kier molecular flexibility index (Phi) is 7.42. The van der Waals surface area contributed by atoms with Crippen molar-refractivity contribution in [3.63, 3.8) is 0 Å². The number of rotatable bonds is 9. The first-order chi connectivity index (χ1) is 16.1. The minimum absolute atomic E-state index is 0.116. The van der Waals surface area contributed by atoms with Gasteiger partial charge >= 0.3 is 0 Å². The highest BCUT2D eigenvalue weighted by Crippen LogP contribution is 2.33. The van der Waals surface area contributed by atoms with Crippen LogP contribution in [-0.2, 0) is 16.0 Å². The van der Waals surface area contributed by atoms with E-state index in [1.165, 1.54) is 4.90 Å². The van der Waals surface area contributed by atoms with Crippen molar-refractivity contribution < 1.29 is 19.4 Å². The Hall–Kier alpha value is -3.16. The van der Waals surface area contributed by atoms with Crippen LogP contribution in [0, 0.1) is 0 Å². The SMILES string of the molecule is CCOc1ccc(C2=C(N3CCN(CCO)CC3)C(=O)N(CCc3ccccc3)C2=O)cc1. The Bertz CT molecular complexity index is 996. The predicted molar refractivity (Wildman–Crippen MR) is 126 cm³/mol. The minimum Gasteiger partial charge on any atom is -0.494 e. The summed E-state index contributed by atoms with van der Waals surface area (Å²) in [6.45, 7) is 6.33. The van der Waals surface area contributed by atoms with Gasteiger partial charge in [0.15, 0.2) is 0 Å². The van der Waals surface area contributed by atoms with Crippen LogP contribution in [0.4, 0.5) is 0 Å². The summed E-state index contributed by atoms with van der Waals surface area (Å²) in [6.07, 6.45) is 0.617. The second kappa shape index (κ2) is 10.6. The van der Waals surface area contributed by atoms with Crippen molar-refractivity contribution in [2.45, 2.75) is 13.3 Å². The van der Waals surface area contributed by atoms with E-state index in [9.17, 15) is 14.7 Å². The predicted octanol–water partition coefficient (Wildman–Crippen LogP) is 2.02. The summed E-state index contributed by atoms with van der Waals surface area (Å²) in [5.41, 5.74) is 2.77. The number of hydrogen-bond donors (Lipinski definition) is 1. The molecule has 7 nitrogen and oxygen atoms in total. The van der Waals surface area contributed by atoms with Crippen LogP contribution in [-0.4, -0.2) is 84.1 Å². The summed E-state index contributed by atoms with van der Waals surface area (Å²) in [7, 11) is 0. The molecule has 0 unspecified atom stereocenters. The highest BCUT2D eigenvalue weighted by atomic mass is 16.5. The smallest absolute Gasteiger partial charge is 0.277 e. The number of carbonyl (C=O) groups is 2. The van der Waals surface area contributed by atoms with Crippen LogP contribution in [0.5, 0.6) is 5.75 Å². The third kappa shape index (κ3) is 5.10. The lowest BCUT2D eigenvalue weighted by Crippen LogP contribution is -2.48. The molecule has 1 saturated heterocycles. The maximum absolute atomic E-state index is 13.5. The Morgan fingerprint density at radius 3 is 2.21 bits per heavy atom. The molecule has 0 aliphatic carbocycles. The summed E-state index contributed by atoms with van der Waals surface area (Å²) >= 11 is 0. The third-order valence-corrected chi connectivity index (χ3v) is 6.17. The highest BCUT2D eigenvalue weighted by molar-refractivity contribution is 6.35. The molecular weight excluding hydrogens is 418 g/mol. The molecular formula is C26H31N3O4. The van der Waals surface area contributed by atoms with E-state index < -0.39 is 0 Å². The van der Waals surface area contributed by atoms with E-state index in [0.29, 0.717) is 50.5 Å². The second-order valence-electron chi connectivity index (χ2n) is 8.23. The molecule has 174 valence electrons. The van der Waals surface area contributed by atoms with Crippen molar-refractivity contribution in [2.24, 2.45) is 0 Å². The van der Waals surface area contributed by atoms with E-state index in [1.54, 1.807) is 0 Å². The van der Waals surface area contributed by atoms with E-state index in [-0.39, 0.29) is 18.4 Å². The fourth-order valence-corrected chi connectivity index (χ4v) is 4.43. The zero-order valence-corrected chi connectivity index (χ0v) is 19.1. The molecule has 0 saturated carbocycles. The van der Waals surface area contributed by atoms with Gasteiger partial charge in [-0.15, -0.1) is 0 Å². The fourth-order valence-electron chi connectivity index (χ4n) is 4.43. The maximum atomic E-state index is 13.5. The normalized spacial score (nSPS) is 17.3. The molecule has 2 aromatic rings. The van der Waals surface area contributed by atoms with Crippen LogP contribution in [0.3, 0.4) is 0 Å². The van der Waals surface area contributed by atoms with E-state index in [1.807, 2.05) is 66.4 Å². The number of aliphatic hydroxyl groups excluding tert-OH is 1. The number of amides is 2. The number of benzene rings is 2. The first-order valence-electron chi connectivity index (χ1n) is 11.6. The van der Waals surface area contributed by atoms with Gasteiger partial charge in [-0.2, -0.15) is 0 Å². The topological polar surface area (TPSA) is 73.3 Å². The average molecular weight is 450 g/mol. The van der Waals surface area contributed by atoms with Gasteiger partial charge in [-0.3, -0.25) is 19.4 Å². The van der Waals surface area contributed by atoms with Crippen molar-refractivity contribution in [1.29, 1.82) is 0 Å². The van der Waals surface area contributed by atoms with E-state index in [0.717, 1.165) is 30.0 Å². The van der Waals surface area contributed by atoms with Gasteiger partial charge in [0.1, 0.15) is 11.4 Å². The van der Waals surface area contributed by atoms with Gasteiger partial charge in [-0.05, 0) is 36.6 Å². The number of carbonyl (C=O) groups excluding carboxylic acids is 2. The summed E-state index contributed by atoms with van der Waals surface area (Å²) < 4.78 is 5.54. The lowest BCUT2D eigenvalue weighted by atomic mass is 10.0. The molecule has 2 aromatic carbocycles. The Morgan fingerprint density at radius 2 is 1.58 bits per heavy atom. The van der Waals surface area contributed by atoms with Crippen LogP contribution in [0.2, 0.25) is 0 Å². The Labute approximate surface area is 194 Å². The van der Waals surface area contributed by atoms with Gasteiger partial charge in [0.05, 0.1) is 18.8 Å². The summed E-state index contributed by atoms with van der Waals surface area (Å²) in [5, 5.41) is 9.23. The molecule has 0 bridgehead atoms. The molecule has 2 heterocycles. The van der Waals surface area contributed by atoms with Crippen molar-refractivity contribution in [1.82, 2.24) is 14.7 Å². The number of β-amino-alcohol motifs (C(OH)–C–C–N with tert-alkyl or cyclic N) is 1. The first kappa shape index (κ1) is 23.0. The molecule has 0 radical (unpaired) electrons. The standard InChI is InChI=1S/C26H31N3O4/c1-2-33-22-10-8-21(9-11-22)23-24(28-16-14-27(15-17-28)18-19-30)26(32)29(25(23)31)13-12-20-6-4-3-5-7-20/h3-11,30H,2,12-19H2,1H3. The number of piperazine rings is 1. The summed E-state index contributed by atoms with van der Waals surface area (Å²) in [4.78, 5) is 32.6. The lowest BCUT2D eigenvalue weighted by molar-refractivity contribution is -0.137. The molecule has 0 spiro atoms. The molecule has 2 amide bonds. The quantitative estimate of drug-likeness (QED) is 0.591. The van der Waals surface area contributed by atoms with E-state index >= 15 is 0 Å². The van der Waals surface area contributed by atoms with Crippen LogP contribution >= 0.6 is 0 Å².